The van der Waals surface area contributed by atoms with E-state index in [2.05, 4.69) is 18.3 Å². The molecule has 0 radical (unpaired) electrons. The molecule has 128 valence electrons. The van der Waals surface area contributed by atoms with Gasteiger partial charge in [-0.2, -0.15) is 0 Å². The van der Waals surface area contributed by atoms with Crippen LogP contribution in [0.2, 0.25) is 5.02 Å². The van der Waals surface area contributed by atoms with Crippen molar-refractivity contribution in [2.45, 2.75) is 45.8 Å². The van der Waals surface area contributed by atoms with E-state index in [0.717, 1.165) is 31.1 Å². The van der Waals surface area contributed by atoms with Crippen molar-refractivity contribution in [3.63, 3.8) is 0 Å². The molecule has 5 heteroatoms. The van der Waals surface area contributed by atoms with E-state index in [4.69, 9.17) is 16.3 Å². The number of halogens is 1. The summed E-state index contributed by atoms with van der Waals surface area (Å²) < 4.78 is 5.43. The molecule has 23 heavy (non-hydrogen) atoms. The molecule has 1 aliphatic heterocycles. The van der Waals surface area contributed by atoms with Crippen LogP contribution in [0.1, 0.15) is 45.7 Å². The largest absolute Gasteiger partial charge is 0.444 e. The smallest absolute Gasteiger partial charge is 0.410 e. The van der Waals surface area contributed by atoms with E-state index < -0.39 is 5.60 Å². The average Bonchev–Trinajstić information content (AvgIpc) is 2.92. The minimum atomic E-state index is -0.436. The third kappa shape index (κ3) is 5.70. The Morgan fingerprint density at radius 1 is 1.48 bits per heavy atom. The standard InChI is InChI=1S/C18H27ClN2O2/c1-13(15-6-5-7-16(19)10-15)20-11-14-8-9-21(12-14)17(22)23-18(2,3)4/h5-7,10,13-14,20H,8-9,11-12H2,1-4H3. The van der Waals surface area contributed by atoms with Gasteiger partial charge in [0.05, 0.1) is 0 Å². The normalized spacial score (nSPS) is 19.7. The monoisotopic (exact) mass is 338 g/mol. The highest BCUT2D eigenvalue weighted by Gasteiger charge is 2.29. The topological polar surface area (TPSA) is 41.6 Å². The van der Waals surface area contributed by atoms with Gasteiger partial charge in [0.2, 0.25) is 0 Å². The lowest BCUT2D eigenvalue weighted by molar-refractivity contribution is 0.0288. The number of carbonyl (C=O) groups is 1. The summed E-state index contributed by atoms with van der Waals surface area (Å²) in [5.41, 5.74) is 0.744. The van der Waals surface area contributed by atoms with Crippen molar-refractivity contribution in [2.75, 3.05) is 19.6 Å². The second-order valence-electron chi connectivity index (χ2n) is 7.27. The van der Waals surface area contributed by atoms with Gasteiger partial charge in [-0.3, -0.25) is 0 Å². The van der Waals surface area contributed by atoms with Crippen LogP contribution in [0.5, 0.6) is 0 Å². The fraction of sp³-hybridized carbons (Fsp3) is 0.611. The lowest BCUT2D eigenvalue weighted by Crippen LogP contribution is -2.36. The number of amides is 1. The van der Waals surface area contributed by atoms with Gasteiger partial charge in [0, 0.05) is 30.7 Å². The van der Waals surface area contributed by atoms with Crippen LogP contribution >= 0.6 is 11.6 Å². The number of carbonyl (C=O) groups excluding carboxylic acids is 1. The highest BCUT2D eigenvalue weighted by atomic mass is 35.5. The number of hydrogen-bond acceptors (Lipinski definition) is 3. The lowest BCUT2D eigenvalue weighted by Gasteiger charge is -2.24. The SMILES string of the molecule is CC(NCC1CCN(C(=O)OC(C)(C)C)C1)c1cccc(Cl)c1. The zero-order valence-electron chi connectivity index (χ0n) is 14.4. The number of ether oxygens (including phenoxy) is 1. The Bertz CT molecular complexity index is 542. The molecule has 0 saturated carbocycles. The third-order valence-corrected chi connectivity index (χ3v) is 4.23. The van der Waals surface area contributed by atoms with Gasteiger partial charge in [-0.05, 0) is 57.7 Å². The average molecular weight is 339 g/mol. The van der Waals surface area contributed by atoms with Gasteiger partial charge in [0.15, 0.2) is 0 Å². The molecule has 0 aromatic heterocycles. The maximum absolute atomic E-state index is 12.1. The van der Waals surface area contributed by atoms with E-state index in [-0.39, 0.29) is 12.1 Å². The molecular weight excluding hydrogens is 312 g/mol. The highest BCUT2D eigenvalue weighted by Crippen LogP contribution is 2.21. The van der Waals surface area contributed by atoms with E-state index in [1.807, 2.05) is 43.9 Å². The summed E-state index contributed by atoms with van der Waals surface area (Å²) in [6.45, 7) is 10.2. The molecule has 0 bridgehead atoms. The minimum absolute atomic E-state index is 0.206. The molecule has 1 aliphatic rings. The zero-order valence-corrected chi connectivity index (χ0v) is 15.2. The Kier molecular flexibility index (Phi) is 5.93. The lowest BCUT2D eigenvalue weighted by atomic mass is 10.1. The number of likely N-dealkylation sites (tertiary alicyclic amines) is 1. The quantitative estimate of drug-likeness (QED) is 0.892. The van der Waals surface area contributed by atoms with E-state index in [9.17, 15) is 4.79 Å². The first-order valence-corrected chi connectivity index (χ1v) is 8.59. The number of nitrogens with zero attached hydrogens (tertiary/aromatic N) is 1. The predicted octanol–water partition coefficient (Wildman–Crippen LogP) is 4.25. The molecule has 4 nitrogen and oxygen atoms in total. The van der Waals surface area contributed by atoms with E-state index >= 15 is 0 Å². The Hall–Kier alpha value is -1.26. The molecule has 0 spiro atoms. The van der Waals surface area contributed by atoms with Gasteiger partial charge >= 0.3 is 6.09 Å². The Morgan fingerprint density at radius 2 is 2.22 bits per heavy atom. The molecule has 1 fully saturated rings. The molecule has 0 aliphatic carbocycles. The molecule has 1 aromatic rings. The van der Waals surface area contributed by atoms with Crippen molar-refractivity contribution in [2.24, 2.45) is 5.92 Å². The van der Waals surface area contributed by atoms with Crippen LogP contribution in [0.25, 0.3) is 0 Å². The van der Waals surface area contributed by atoms with Crippen LogP contribution in [0.15, 0.2) is 24.3 Å². The third-order valence-electron chi connectivity index (χ3n) is 4.00. The minimum Gasteiger partial charge on any atom is -0.444 e. The van der Waals surface area contributed by atoms with Gasteiger partial charge < -0.3 is 15.0 Å². The summed E-state index contributed by atoms with van der Waals surface area (Å²) in [6.07, 6.45) is 0.803. The molecule has 2 unspecified atom stereocenters. The van der Waals surface area contributed by atoms with Crippen molar-refractivity contribution in [3.8, 4) is 0 Å². The van der Waals surface area contributed by atoms with Crippen molar-refractivity contribution >= 4 is 17.7 Å². The van der Waals surface area contributed by atoms with Gasteiger partial charge in [-0.1, -0.05) is 23.7 Å². The second-order valence-corrected chi connectivity index (χ2v) is 7.70. The van der Waals surface area contributed by atoms with E-state index in [1.165, 1.54) is 5.56 Å². The number of nitrogens with one attached hydrogen (secondary N) is 1. The molecular formula is C18H27ClN2O2. The Balaban J connectivity index is 1.78. The van der Waals surface area contributed by atoms with Crippen molar-refractivity contribution < 1.29 is 9.53 Å². The molecule has 2 rings (SSSR count). The van der Waals surface area contributed by atoms with Crippen LogP contribution in [-0.2, 0) is 4.74 Å². The van der Waals surface area contributed by atoms with Gasteiger partial charge in [0.1, 0.15) is 5.60 Å². The maximum atomic E-state index is 12.1. The molecule has 1 aromatic carbocycles. The summed E-state index contributed by atoms with van der Waals surface area (Å²) >= 11 is 6.04. The molecule has 2 atom stereocenters. The molecule has 1 N–H and O–H groups in total. The van der Waals surface area contributed by atoms with Crippen molar-refractivity contribution in [3.05, 3.63) is 34.9 Å². The Morgan fingerprint density at radius 3 is 2.87 bits per heavy atom. The molecule has 1 saturated heterocycles. The zero-order chi connectivity index (χ0) is 17.0. The first-order valence-electron chi connectivity index (χ1n) is 8.21. The van der Waals surface area contributed by atoms with Crippen LogP contribution in [0.4, 0.5) is 4.79 Å². The van der Waals surface area contributed by atoms with Crippen molar-refractivity contribution in [1.82, 2.24) is 10.2 Å². The van der Waals surface area contributed by atoms with Crippen molar-refractivity contribution in [1.29, 1.82) is 0 Å². The first kappa shape index (κ1) is 18.1. The van der Waals surface area contributed by atoms with Crippen LogP contribution in [-0.4, -0.2) is 36.2 Å². The summed E-state index contributed by atoms with van der Waals surface area (Å²) in [4.78, 5) is 13.9. The second kappa shape index (κ2) is 7.54. The summed E-state index contributed by atoms with van der Waals surface area (Å²) in [5, 5.41) is 4.30. The van der Waals surface area contributed by atoms with Gasteiger partial charge in [-0.15, -0.1) is 0 Å². The molecule has 1 amide bonds. The summed E-state index contributed by atoms with van der Waals surface area (Å²) in [6, 6.07) is 8.15. The van der Waals surface area contributed by atoms with Crippen LogP contribution < -0.4 is 5.32 Å². The van der Waals surface area contributed by atoms with E-state index in [0.29, 0.717) is 5.92 Å². The number of hydrogen-bond donors (Lipinski definition) is 1. The number of rotatable bonds is 4. The van der Waals surface area contributed by atoms with Gasteiger partial charge in [0.25, 0.3) is 0 Å². The predicted molar refractivity (Wildman–Crippen MR) is 93.8 cm³/mol. The Labute approximate surface area is 144 Å². The fourth-order valence-electron chi connectivity index (χ4n) is 2.73. The first-order chi connectivity index (χ1) is 10.7. The summed E-state index contributed by atoms with van der Waals surface area (Å²) in [7, 11) is 0. The fourth-order valence-corrected chi connectivity index (χ4v) is 2.93. The maximum Gasteiger partial charge on any atom is 0.410 e. The van der Waals surface area contributed by atoms with Crippen LogP contribution in [0, 0.1) is 5.92 Å². The molecule has 1 heterocycles. The highest BCUT2D eigenvalue weighted by molar-refractivity contribution is 6.30. The van der Waals surface area contributed by atoms with Gasteiger partial charge in [-0.25, -0.2) is 4.79 Å². The number of benzene rings is 1. The van der Waals surface area contributed by atoms with E-state index in [1.54, 1.807) is 0 Å². The van der Waals surface area contributed by atoms with Crippen LogP contribution in [0.3, 0.4) is 0 Å². The summed E-state index contributed by atoms with van der Waals surface area (Å²) in [5.74, 6) is 0.462.